The molecule has 2 atom stereocenters. The zero-order valence-corrected chi connectivity index (χ0v) is 20.8. The van der Waals surface area contributed by atoms with Gasteiger partial charge in [0.1, 0.15) is 0 Å². The summed E-state index contributed by atoms with van der Waals surface area (Å²) >= 11 is 0. The van der Waals surface area contributed by atoms with E-state index in [2.05, 4.69) is 13.8 Å². The van der Waals surface area contributed by atoms with Crippen LogP contribution in [0.5, 0.6) is 0 Å². The molecule has 0 heterocycles. The molecule has 0 saturated heterocycles. The molecule has 0 aliphatic carbocycles. The first kappa shape index (κ1) is 28.7. The number of aliphatic hydroxyl groups excluding tert-OH is 1. The topological polar surface area (TPSA) is 77.4 Å². The van der Waals surface area contributed by atoms with Crippen LogP contribution in [0.2, 0.25) is 0 Å². The fraction of sp³-hybridized carbons (Fsp3) is 1.00. The molecule has 146 valence electrons. The summed E-state index contributed by atoms with van der Waals surface area (Å²) in [5, 5.41) is 9.19. The molecule has 4 nitrogen and oxygen atoms in total. The Morgan fingerprint density at radius 2 is 1.16 bits per heavy atom. The van der Waals surface area contributed by atoms with Gasteiger partial charge in [0.15, 0.2) is 0 Å². The molecule has 0 aliphatic rings. The van der Waals surface area contributed by atoms with Gasteiger partial charge in [0, 0.05) is 5.25 Å². The van der Waals surface area contributed by atoms with E-state index in [1.165, 1.54) is 25.7 Å². The van der Waals surface area contributed by atoms with Crippen LogP contribution < -0.4 is 51.4 Å². The summed E-state index contributed by atoms with van der Waals surface area (Å²) in [5.74, 6) is 0. The predicted octanol–water partition coefficient (Wildman–Crippen LogP) is 2.16. The molecule has 6 heteroatoms. The van der Waals surface area contributed by atoms with Crippen molar-refractivity contribution < 1.29 is 69.5 Å². The van der Waals surface area contributed by atoms with Gasteiger partial charge in [0.2, 0.25) is 0 Å². The summed E-state index contributed by atoms with van der Waals surface area (Å²) in [6.07, 6.45) is 13.7. The largest absolute Gasteiger partial charge is 1.00 e. The molecular weight excluding hydrogens is 363 g/mol. The first-order valence-electron chi connectivity index (χ1n) is 10.0. The molecule has 0 saturated carbocycles. The van der Waals surface area contributed by atoms with Crippen molar-refractivity contribution in [3.63, 3.8) is 0 Å². The van der Waals surface area contributed by atoms with Crippen LogP contribution in [0.15, 0.2) is 0 Å². The zero-order valence-electron chi connectivity index (χ0n) is 16.8. The van der Waals surface area contributed by atoms with E-state index in [4.69, 9.17) is 0 Å². The van der Waals surface area contributed by atoms with E-state index in [1.807, 2.05) is 0 Å². The Bertz CT molecular complexity index is 374. The van der Waals surface area contributed by atoms with Crippen LogP contribution in [0.4, 0.5) is 0 Å². The molecule has 0 aromatic rings. The maximum Gasteiger partial charge on any atom is 1.00 e. The van der Waals surface area contributed by atoms with Crippen molar-refractivity contribution in [3.8, 4) is 0 Å². The summed E-state index contributed by atoms with van der Waals surface area (Å²) < 4.78 is 34.2. The average molecular weight is 403 g/mol. The number of unbranched alkanes of at least 4 members (excludes halogenated alkanes) is 9. The Morgan fingerprint density at radius 3 is 1.64 bits per heavy atom. The minimum atomic E-state index is -4.25. The minimum absolute atomic E-state index is 0. The minimum Gasteiger partial charge on any atom is -0.748 e. The first-order chi connectivity index (χ1) is 11.4. The van der Waals surface area contributed by atoms with Crippen LogP contribution in [0.25, 0.3) is 0 Å². The van der Waals surface area contributed by atoms with E-state index >= 15 is 0 Å². The smallest absolute Gasteiger partial charge is 0.748 e. The molecule has 0 spiro atoms. The van der Waals surface area contributed by atoms with Crippen LogP contribution in [-0.2, 0) is 10.1 Å². The molecule has 0 bridgehead atoms. The van der Waals surface area contributed by atoms with Gasteiger partial charge >= 0.3 is 51.4 Å². The van der Waals surface area contributed by atoms with Crippen LogP contribution in [-0.4, -0.2) is 29.4 Å². The van der Waals surface area contributed by atoms with E-state index < -0.39 is 21.5 Å². The second-order valence-corrected chi connectivity index (χ2v) is 8.76. The standard InChI is InChI=1S/C19H40O4S.K/c1-3-5-7-9-11-12-14-18(20)16-17-19(24(21,22)23)15-13-10-8-6-4-2;/h18-20H,3-17H2,1-2H3,(H,21,22,23);/q;+1/p-1. The molecule has 0 aromatic carbocycles. The summed E-state index contributed by atoms with van der Waals surface area (Å²) in [6, 6.07) is 0. The van der Waals surface area contributed by atoms with Gasteiger partial charge in [-0.05, 0) is 25.7 Å². The first-order valence-corrected chi connectivity index (χ1v) is 11.5. The Morgan fingerprint density at radius 1 is 0.720 bits per heavy atom. The number of hydrogen-bond acceptors (Lipinski definition) is 4. The quantitative estimate of drug-likeness (QED) is 0.230. The Labute approximate surface area is 199 Å². The van der Waals surface area contributed by atoms with Gasteiger partial charge < -0.3 is 9.66 Å². The van der Waals surface area contributed by atoms with E-state index in [0.29, 0.717) is 25.7 Å². The van der Waals surface area contributed by atoms with Crippen molar-refractivity contribution in [1.82, 2.24) is 0 Å². The molecule has 2 unspecified atom stereocenters. The third kappa shape index (κ3) is 18.6. The third-order valence-corrected chi connectivity index (χ3v) is 6.04. The fourth-order valence-corrected chi connectivity index (χ4v) is 3.97. The van der Waals surface area contributed by atoms with Gasteiger partial charge in [0.05, 0.1) is 16.2 Å². The van der Waals surface area contributed by atoms with Crippen molar-refractivity contribution in [3.05, 3.63) is 0 Å². The van der Waals surface area contributed by atoms with Crippen molar-refractivity contribution in [2.75, 3.05) is 0 Å². The molecule has 0 amide bonds. The Kier molecular flexibility index (Phi) is 21.7. The number of hydrogen-bond donors (Lipinski definition) is 1. The molecule has 0 rings (SSSR count). The van der Waals surface area contributed by atoms with E-state index in [1.54, 1.807) is 0 Å². The maximum atomic E-state index is 11.4. The van der Waals surface area contributed by atoms with Gasteiger partial charge in [-0.15, -0.1) is 0 Å². The van der Waals surface area contributed by atoms with E-state index in [9.17, 15) is 18.1 Å². The average Bonchev–Trinajstić information content (AvgIpc) is 2.52. The Balaban J connectivity index is 0. The molecule has 0 radical (unpaired) electrons. The monoisotopic (exact) mass is 402 g/mol. The maximum absolute atomic E-state index is 11.4. The molecule has 0 aliphatic heterocycles. The van der Waals surface area contributed by atoms with Gasteiger partial charge in [0.25, 0.3) is 0 Å². The number of aliphatic hydroxyl groups is 1. The van der Waals surface area contributed by atoms with Crippen LogP contribution in [0.3, 0.4) is 0 Å². The molecule has 0 fully saturated rings. The van der Waals surface area contributed by atoms with Gasteiger partial charge in [-0.1, -0.05) is 84.5 Å². The second kappa shape index (κ2) is 18.9. The van der Waals surface area contributed by atoms with Crippen molar-refractivity contribution in [2.24, 2.45) is 0 Å². The van der Waals surface area contributed by atoms with Crippen molar-refractivity contribution >= 4 is 10.1 Å². The third-order valence-electron chi connectivity index (χ3n) is 4.75. The summed E-state index contributed by atoms with van der Waals surface area (Å²) in [6.45, 7) is 4.32. The van der Waals surface area contributed by atoms with Crippen LogP contribution in [0, 0.1) is 0 Å². The molecule has 0 aromatic heterocycles. The van der Waals surface area contributed by atoms with E-state index in [0.717, 1.165) is 44.9 Å². The van der Waals surface area contributed by atoms with Crippen LogP contribution >= 0.6 is 0 Å². The van der Waals surface area contributed by atoms with Gasteiger partial charge in [-0.2, -0.15) is 0 Å². The molecule has 25 heavy (non-hydrogen) atoms. The van der Waals surface area contributed by atoms with Gasteiger partial charge in [-0.25, -0.2) is 8.42 Å². The Hall–Kier alpha value is 1.51. The summed E-state index contributed by atoms with van der Waals surface area (Å²) in [4.78, 5) is 0. The van der Waals surface area contributed by atoms with Crippen molar-refractivity contribution in [2.45, 2.75) is 122 Å². The fourth-order valence-electron chi connectivity index (χ4n) is 3.09. The second-order valence-electron chi connectivity index (χ2n) is 7.11. The number of rotatable bonds is 17. The van der Waals surface area contributed by atoms with Crippen LogP contribution in [0.1, 0.15) is 110 Å². The normalized spacial score (nSPS) is 14.1. The zero-order chi connectivity index (χ0) is 18.3. The van der Waals surface area contributed by atoms with E-state index in [-0.39, 0.29) is 51.4 Å². The SMILES string of the molecule is CCCCCCCCC(O)CCC(CCCCCCC)S(=O)(=O)[O-].[K+]. The molecular formula is C19H39KO4S. The molecule has 1 N–H and O–H groups in total. The van der Waals surface area contributed by atoms with Crippen molar-refractivity contribution in [1.29, 1.82) is 0 Å². The predicted molar refractivity (Wildman–Crippen MR) is 100 cm³/mol. The van der Waals surface area contributed by atoms with Gasteiger partial charge in [-0.3, -0.25) is 0 Å². The summed E-state index contributed by atoms with van der Waals surface area (Å²) in [5.41, 5.74) is 0. The summed E-state index contributed by atoms with van der Waals surface area (Å²) in [7, 11) is -4.25.